The third-order valence-corrected chi connectivity index (χ3v) is 5.31. The summed E-state index contributed by atoms with van der Waals surface area (Å²) in [5, 5.41) is 3.00. The number of hydrogen-bond donors (Lipinski definition) is 1. The van der Waals surface area contributed by atoms with E-state index in [1.807, 2.05) is 11.8 Å². The normalized spacial score (nSPS) is 20.2. The first-order chi connectivity index (χ1) is 11.9. The van der Waals surface area contributed by atoms with Gasteiger partial charge in [0.25, 0.3) is 0 Å². The Morgan fingerprint density at radius 2 is 2.08 bits per heavy atom. The molecule has 0 amide bonds. The molecule has 9 heteroatoms. The highest BCUT2D eigenvalue weighted by molar-refractivity contribution is 7.16. The largest absolute Gasteiger partial charge is 0.454 e. The average molecular weight is 371 g/mol. The van der Waals surface area contributed by atoms with E-state index in [2.05, 4.69) is 10.3 Å². The third-order valence-electron chi connectivity index (χ3n) is 4.15. The van der Waals surface area contributed by atoms with Crippen molar-refractivity contribution in [3.8, 4) is 22.8 Å². The number of fused-ring (bicyclic) bond motifs is 1. The highest BCUT2D eigenvalue weighted by atomic mass is 32.1. The second kappa shape index (κ2) is 6.06. The van der Waals surface area contributed by atoms with Crippen LogP contribution in [0.3, 0.4) is 0 Å². The van der Waals surface area contributed by atoms with Gasteiger partial charge in [0, 0.05) is 31.2 Å². The van der Waals surface area contributed by atoms with Crippen molar-refractivity contribution in [1.29, 1.82) is 0 Å². The molecule has 3 heterocycles. The molecule has 0 spiro atoms. The topological polar surface area (TPSA) is 46.6 Å². The van der Waals surface area contributed by atoms with Crippen LogP contribution in [0.2, 0.25) is 0 Å². The second-order valence-electron chi connectivity index (χ2n) is 6.04. The lowest BCUT2D eigenvalue weighted by atomic mass is 10.1. The lowest BCUT2D eigenvalue weighted by molar-refractivity contribution is -0.137. The van der Waals surface area contributed by atoms with E-state index >= 15 is 0 Å². The molecule has 1 atom stereocenters. The van der Waals surface area contributed by atoms with Gasteiger partial charge < -0.3 is 19.7 Å². The van der Waals surface area contributed by atoms with Gasteiger partial charge in [0.1, 0.15) is 10.7 Å². The van der Waals surface area contributed by atoms with E-state index in [1.54, 1.807) is 18.2 Å². The van der Waals surface area contributed by atoms with Crippen molar-refractivity contribution in [1.82, 2.24) is 10.3 Å². The number of rotatable bonds is 2. The van der Waals surface area contributed by atoms with Crippen molar-refractivity contribution in [3.05, 3.63) is 23.2 Å². The smallest absolute Gasteiger partial charge is 0.443 e. The van der Waals surface area contributed by atoms with Crippen LogP contribution in [0.5, 0.6) is 11.5 Å². The van der Waals surface area contributed by atoms with E-state index in [0.717, 1.165) is 6.54 Å². The number of ether oxygens (including phenoxy) is 2. The predicted molar refractivity (Wildman–Crippen MR) is 88.4 cm³/mol. The SMILES string of the molecule is C[C@@H]1CN(c2sc(C(F)(F)F)nc2-c2ccc3c(c2)OCO3)CCN1. The van der Waals surface area contributed by atoms with E-state index < -0.39 is 11.2 Å². The highest BCUT2D eigenvalue weighted by Crippen LogP contribution is 2.44. The van der Waals surface area contributed by atoms with Gasteiger partial charge in [0.2, 0.25) is 11.8 Å². The van der Waals surface area contributed by atoms with Crippen LogP contribution in [-0.2, 0) is 6.18 Å². The van der Waals surface area contributed by atoms with Gasteiger partial charge in [0.05, 0.1) is 0 Å². The number of hydrogen-bond acceptors (Lipinski definition) is 6. The minimum absolute atomic E-state index is 0.117. The van der Waals surface area contributed by atoms with E-state index in [-0.39, 0.29) is 12.8 Å². The molecule has 2 aliphatic rings. The Morgan fingerprint density at radius 1 is 1.28 bits per heavy atom. The summed E-state index contributed by atoms with van der Waals surface area (Å²) in [4.78, 5) is 5.88. The molecule has 1 N–H and O–H groups in total. The lowest BCUT2D eigenvalue weighted by Crippen LogP contribution is -2.49. The number of halogens is 3. The van der Waals surface area contributed by atoms with Crippen LogP contribution >= 0.6 is 11.3 Å². The average Bonchev–Trinajstić information content (AvgIpc) is 3.20. The molecule has 0 bridgehead atoms. The molecule has 1 aromatic heterocycles. The van der Waals surface area contributed by atoms with Crippen LogP contribution in [0.15, 0.2) is 18.2 Å². The summed E-state index contributed by atoms with van der Waals surface area (Å²) in [5.74, 6) is 1.12. The third kappa shape index (κ3) is 3.13. The number of benzene rings is 1. The molecule has 0 saturated carbocycles. The first-order valence-corrected chi connectivity index (χ1v) is 8.70. The van der Waals surface area contributed by atoms with Crippen molar-refractivity contribution in [2.75, 3.05) is 31.3 Å². The molecule has 1 fully saturated rings. The van der Waals surface area contributed by atoms with E-state index in [9.17, 15) is 13.2 Å². The van der Waals surface area contributed by atoms with Gasteiger partial charge in [-0.05, 0) is 25.1 Å². The van der Waals surface area contributed by atoms with Gasteiger partial charge >= 0.3 is 6.18 Å². The summed E-state index contributed by atoms with van der Waals surface area (Å²) >= 11 is 0.693. The highest BCUT2D eigenvalue weighted by Gasteiger charge is 2.37. The molecule has 5 nitrogen and oxygen atoms in total. The Balaban J connectivity index is 1.78. The maximum Gasteiger partial charge on any atom is 0.443 e. The fourth-order valence-corrected chi connectivity index (χ4v) is 3.99. The van der Waals surface area contributed by atoms with Crippen molar-refractivity contribution in [3.63, 3.8) is 0 Å². The van der Waals surface area contributed by atoms with Crippen LogP contribution in [0.4, 0.5) is 18.2 Å². The number of piperazine rings is 1. The molecule has 1 saturated heterocycles. The quantitative estimate of drug-likeness (QED) is 0.877. The first-order valence-electron chi connectivity index (χ1n) is 7.88. The van der Waals surface area contributed by atoms with E-state index in [0.29, 0.717) is 52.2 Å². The molecule has 0 aliphatic carbocycles. The van der Waals surface area contributed by atoms with Crippen LogP contribution in [0.1, 0.15) is 11.9 Å². The van der Waals surface area contributed by atoms with Crippen molar-refractivity contribution >= 4 is 16.3 Å². The Morgan fingerprint density at radius 3 is 2.84 bits per heavy atom. The molecular weight excluding hydrogens is 355 g/mol. The molecule has 0 unspecified atom stereocenters. The first kappa shape index (κ1) is 16.5. The van der Waals surface area contributed by atoms with Crippen LogP contribution in [0.25, 0.3) is 11.3 Å². The number of aromatic nitrogens is 1. The number of thiazole rings is 1. The fraction of sp³-hybridized carbons (Fsp3) is 0.438. The molecule has 134 valence electrons. The zero-order valence-electron chi connectivity index (χ0n) is 13.4. The molecule has 25 heavy (non-hydrogen) atoms. The Hall–Kier alpha value is -2.00. The van der Waals surface area contributed by atoms with E-state index in [4.69, 9.17) is 9.47 Å². The summed E-state index contributed by atoms with van der Waals surface area (Å²) < 4.78 is 50.3. The lowest BCUT2D eigenvalue weighted by Gasteiger charge is -2.33. The number of alkyl halides is 3. The predicted octanol–water partition coefficient (Wildman–Crippen LogP) is 3.36. The van der Waals surface area contributed by atoms with Gasteiger partial charge in [-0.15, -0.1) is 0 Å². The van der Waals surface area contributed by atoms with Crippen LogP contribution in [0, 0.1) is 0 Å². The number of nitrogens with zero attached hydrogens (tertiary/aromatic N) is 2. The summed E-state index contributed by atoms with van der Waals surface area (Å²) in [6.07, 6.45) is -4.46. The summed E-state index contributed by atoms with van der Waals surface area (Å²) in [5.41, 5.74) is 0.932. The molecule has 2 aliphatic heterocycles. The maximum absolute atomic E-state index is 13.2. The zero-order valence-corrected chi connectivity index (χ0v) is 14.2. The Kier molecular flexibility index (Phi) is 3.99. The van der Waals surface area contributed by atoms with Gasteiger partial charge in [0.15, 0.2) is 11.5 Å². The minimum Gasteiger partial charge on any atom is -0.454 e. The molecular formula is C16H16F3N3O2S. The monoisotopic (exact) mass is 371 g/mol. The molecule has 4 rings (SSSR count). The standard InChI is InChI=1S/C16H16F3N3O2S/c1-9-7-22(5-4-20-9)14-13(21-15(25-14)16(17,18)19)10-2-3-11-12(6-10)24-8-23-11/h2-3,6,9,20H,4-5,7-8H2,1H3/t9-/m1/s1. The van der Waals surface area contributed by atoms with Crippen LogP contribution < -0.4 is 19.7 Å². The van der Waals surface area contributed by atoms with Gasteiger partial charge in [-0.25, -0.2) is 4.98 Å². The summed E-state index contributed by atoms with van der Waals surface area (Å²) in [6, 6.07) is 5.31. The number of nitrogens with one attached hydrogen (secondary N) is 1. The van der Waals surface area contributed by atoms with E-state index in [1.165, 1.54) is 0 Å². The van der Waals surface area contributed by atoms with Gasteiger partial charge in [-0.2, -0.15) is 13.2 Å². The van der Waals surface area contributed by atoms with Crippen LogP contribution in [-0.4, -0.2) is 37.5 Å². The van der Waals surface area contributed by atoms with Crippen molar-refractivity contribution < 1.29 is 22.6 Å². The second-order valence-corrected chi connectivity index (χ2v) is 7.02. The molecule has 2 aromatic rings. The zero-order chi connectivity index (χ0) is 17.6. The maximum atomic E-state index is 13.2. The summed E-state index contributed by atoms with van der Waals surface area (Å²) in [6.45, 7) is 4.13. The Bertz CT molecular complexity index is 793. The van der Waals surface area contributed by atoms with Crippen molar-refractivity contribution in [2.24, 2.45) is 0 Å². The Labute approximate surface area is 146 Å². The summed E-state index contributed by atoms with van der Waals surface area (Å²) in [7, 11) is 0. The van der Waals surface area contributed by atoms with Gasteiger partial charge in [-0.1, -0.05) is 11.3 Å². The molecule has 0 radical (unpaired) electrons. The fourth-order valence-electron chi connectivity index (χ4n) is 3.00. The number of anilines is 1. The minimum atomic E-state index is -4.46. The van der Waals surface area contributed by atoms with Gasteiger partial charge in [-0.3, -0.25) is 0 Å². The van der Waals surface area contributed by atoms with Crippen molar-refractivity contribution in [2.45, 2.75) is 19.1 Å². The molecule has 1 aromatic carbocycles.